The van der Waals surface area contributed by atoms with Gasteiger partial charge in [-0.25, -0.2) is 0 Å². The number of nitrogens with one attached hydrogen (secondary N) is 1. The summed E-state index contributed by atoms with van der Waals surface area (Å²) >= 11 is 0. The highest BCUT2D eigenvalue weighted by atomic mass is 16.1. The van der Waals surface area contributed by atoms with Crippen LogP contribution < -0.4 is 5.32 Å². The molecule has 0 aromatic carbocycles. The molecule has 0 radical (unpaired) electrons. The molecule has 1 N–H and O–H groups in total. The van der Waals surface area contributed by atoms with E-state index in [1.165, 1.54) is 0 Å². The first kappa shape index (κ1) is 8.71. The second-order valence-corrected chi connectivity index (χ2v) is 2.68. The van der Waals surface area contributed by atoms with Crippen molar-refractivity contribution in [1.29, 1.82) is 0 Å². The summed E-state index contributed by atoms with van der Waals surface area (Å²) in [4.78, 5) is 14.2. The fourth-order valence-corrected chi connectivity index (χ4v) is 0.997. The Kier molecular flexibility index (Phi) is 3.26. The van der Waals surface area contributed by atoms with E-state index in [1.807, 2.05) is 25.1 Å². The van der Waals surface area contributed by atoms with Crippen molar-refractivity contribution < 1.29 is 4.79 Å². The van der Waals surface area contributed by atoms with Gasteiger partial charge in [-0.15, -0.1) is 0 Å². The Hall–Kier alpha value is -1.38. The molecule has 0 fully saturated rings. The van der Waals surface area contributed by atoms with Gasteiger partial charge in [0, 0.05) is 24.4 Å². The highest BCUT2D eigenvalue weighted by molar-refractivity contribution is 5.46. The predicted molar refractivity (Wildman–Crippen MR) is 46.7 cm³/mol. The lowest BCUT2D eigenvalue weighted by Gasteiger charge is -2.08. The Labute approximate surface area is 71.8 Å². The molecule has 3 heteroatoms. The van der Waals surface area contributed by atoms with E-state index in [1.54, 1.807) is 6.20 Å². The summed E-state index contributed by atoms with van der Waals surface area (Å²) in [5, 5.41) is 2.63. The van der Waals surface area contributed by atoms with E-state index >= 15 is 0 Å². The first-order valence-electron chi connectivity index (χ1n) is 3.92. The van der Waals surface area contributed by atoms with E-state index in [2.05, 4.69) is 10.3 Å². The van der Waals surface area contributed by atoms with Crippen LogP contribution in [0.4, 0.5) is 0 Å². The van der Waals surface area contributed by atoms with Gasteiger partial charge in [0.05, 0.1) is 0 Å². The number of nitrogens with zero attached hydrogens (tertiary/aromatic N) is 1. The molecule has 3 nitrogen and oxygen atoms in total. The largest absolute Gasteiger partial charge is 0.358 e. The van der Waals surface area contributed by atoms with Crippen molar-refractivity contribution in [1.82, 2.24) is 10.3 Å². The van der Waals surface area contributed by atoms with Crippen LogP contribution in [0.25, 0.3) is 0 Å². The minimum Gasteiger partial charge on any atom is -0.358 e. The first-order valence-corrected chi connectivity index (χ1v) is 3.92. The minimum absolute atomic E-state index is 0.274. The Morgan fingerprint density at radius 1 is 1.67 bits per heavy atom. The van der Waals surface area contributed by atoms with Gasteiger partial charge in [0.25, 0.3) is 0 Å². The Bertz CT molecular complexity index is 236. The molecule has 0 bridgehead atoms. The molecule has 0 spiro atoms. The van der Waals surface area contributed by atoms with E-state index in [4.69, 9.17) is 0 Å². The Morgan fingerprint density at radius 3 is 3.08 bits per heavy atom. The van der Waals surface area contributed by atoms with Gasteiger partial charge in [0.15, 0.2) is 0 Å². The normalized spacial score (nSPS) is 12.1. The number of pyridine rings is 1. The third-order valence-corrected chi connectivity index (χ3v) is 1.70. The van der Waals surface area contributed by atoms with Gasteiger partial charge in [0.2, 0.25) is 6.41 Å². The van der Waals surface area contributed by atoms with Crippen molar-refractivity contribution in [3.8, 4) is 0 Å². The average molecular weight is 164 g/mol. The molecule has 1 rings (SSSR count). The van der Waals surface area contributed by atoms with Crippen molar-refractivity contribution in [2.24, 2.45) is 0 Å². The third kappa shape index (κ3) is 2.34. The monoisotopic (exact) mass is 164 g/mol. The molecular formula is C9H12N2O. The molecule has 12 heavy (non-hydrogen) atoms. The van der Waals surface area contributed by atoms with Gasteiger partial charge < -0.3 is 5.32 Å². The van der Waals surface area contributed by atoms with E-state index in [9.17, 15) is 4.79 Å². The Balaban J connectivity index is 2.53. The lowest BCUT2D eigenvalue weighted by molar-refractivity contribution is -0.109. The predicted octanol–water partition coefficient (Wildman–Crippen LogP) is 0.931. The zero-order valence-corrected chi connectivity index (χ0v) is 7.03. The molecule has 0 saturated carbocycles. The van der Waals surface area contributed by atoms with Gasteiger partial charge in [0.1, 0.15) is 0 Å². The average Bonchev–Trinajstić information content (AvgIpc) is 2.15. The Morgan fingerprint density at radius 2 is 2.50 bits per heavy atom. The molecule has 1 heterocycles. The maximum absolute atomic E-state index is 10.0. The molecule has 1 atom stereocenters. The third-order valence-electron chi connectivity index (χ3n) is 1.70. The zero-order chi connectivity index (χ0) is 8.81. The lowest BCUT2D eigenvalue weighted by Crippen LogP contribution is -2.18. The number of carbonyl (C=O) groups excluding carboxylic acids is 1. The van der Waals surface area contributed by atoms with Crippen LogP contribution in [-0.2, 0) is 4.79 Å². The maximum Gasteiger partial charge on any atom is 0.207 e. The fraction of sp³-hybridized carbons (Fsp3) is 0.333. The summed E-state index contributed by atoms with van der Waals surface area (Å²) in [6.45, 7) is 2.67. The van der Waals surface area contributed by atoms with E-state index in [0.717, 1.165) is 5.69 Å². The highest BCUT2D eigenvalue weighted by Gasteiger charge is 2.03. The van der Waals surface area contributed by atoms with Crippen LogP contribution in [0.5, 0.6) is 0 Å². The standard InChI is InChI=1S/C9H12N2O/c1-8(6-10-7-12)9-4-2-3-5-11-9/h2-5,7-8H,6H2,1H3,(H,10,12). The second kappa shape index (κ2) is 4.49. The smallest absolute Gasteiger partial charge is 0.207 e. The number of carbonyl (C=O) groups is 1. The van der Waals surface area contributed by atoms with Crippen molar-refractivity contribution in [3.63, 3.8) is 0 Å². The molecule has 1 unspecified atom stereocenters. The summed E-state index contributed by atoms with van der Waals surface area (Å²) < 4.78 is 0. The molecular weight excluding hydrogens is 152 g/mol. The zero-order valence-electron chi connectivity index (χ0n) is 7.03. The topological polar surface area (TPSA) is 42.0 Å². The summed E-state index contributed by atoms with van der Waals surface area (Å²) in [6.07, 6.45) is 2.46. The molecule has 0 saturated heterocycles. The van der Waals surface area contributed by atoms with Crippen LogP contribution in [-0.4, -0.2) is 17.9 Å². The van der Waals surface area contributed by atoms with Crippen LogP contribution >= 0.6 is 0 Å². The van der Waals surface area contributed by atoms with E-state index in [0.29, 0.717) is 13.0 Å². The SMILES string of the molecule is CC(CNC=O)c1ccccn1. The first-order chi connectivity index (χ1) is 5.84. The lowest BCUT2D eigenvalue weighted by atomic mass is 10.1. The number of amides is 1. The van der Waals surface area contributed by atoms with Crippen LogP contribution in [0.1, 0.15) is 18.5 Å². The molecule has 0 aliphatic rings. The quantitative estimate of drug-likeness (QED) is 0.673. The molecule has 1 amide bonds. The summed E-state index contributed by atoms with van der Waals surface area (Å²) in [5.74, 6) is 0.274. The van der Waals surface area contributed by atoms with Gasteiger partial charge >= 0.3 is 0 Å². The maximum atomic E-state index is 10.0. The number of aromatic nitrogens is 1. The summed E-state index contributed by atoms with van der Waals surface area (Å²) in [5.41, 5.74) is 1.01. The number of hydrogen-bond donors (Lipinski definition) is 1. The van der Waals surface area contributed by atoms with Crippen LogP contribution in [0.15, 0.2) is 24.4 Å². The summed E-state index contributed by atoms with van der Waals surface area (Å²) in [6, 6.07) is 5.78. The van der Waals surface area contributed by atoms with E-state index in [-0.39, 0.29) is 5.92 Å². The van der Waals surface area contributed by atoms with Gasteiger partial charge in [-0.3, -0.25) is 9.78 Å². The van der Waals surface area contributed by atoms with Crippen molar-refractivity contribution in [2.75, 3.05) is 6.54 Å². The van der Waals surface area contributed by atoms with Crippen LogP contribution in [0.2, 0.25) is 0 Å². The second-order valence-electron chi connectivity index (χ2n) is 2.68. The van der Waals surface area contributed by atoms with Crippen LogP contribution in [0.3, 0.4) is 0 Å². The molecule has 1 aromatic rings. The van der Waals surface area contributed by atoms with Crippen molar-refractivity contribution in [2.45, 2.75) is 12.8 Å². The molecule has 0 aliphatic heterocycles. The molecule has 1 aromatic heterocycles. The van der Waals surface area contributed by atoms with Gasteiger partial charge in [-0.1, -0.05) is 13.0 Å². The molecule has 0 aliphatic carbocycles. The number of rotatable bonds is 4. The highest BCUT2D eigenvalue weighted by Crippen LogP contribution is 2.09. The summed E-state index contributed by atoms with van der Waals surface area (Å²) in [7, 11) is 0. The van der Waals surface area contributed by atoms with Gasteiger partial charge in [-0.2, -0.15) is 0 Å². The van der Waals surface area contributed by atoms with Crippen LogP contribution in [0, 0.1) is 0 Å². The van der Waals surface area contributed by atoms with E-state index < -0.39 is 0 Å². The molecule has 64 valence electrons. The minimum atomic E-state index is 0.274. The fourth-order valence-electron chi connectivity index (χ4n) is 0.997. The van der Waals surface area contributed by atoms with Gasteiger partial charge in [-0.05, 0) is 12.1 Å². The van der Waals surface area contributed by atoms with Crippen molar-refractivity contribution >= 4 is 6.41 Å². The number of hydrogen-bond acceptors (Lipinski definition) is 2. The van der Waals surface area contributed by atoms with Crippen molar-refractivity contribution in [3.05, 3.63) is 30.1 Å².